The van der Waals surface area contributed by atoms with Crippen LogP contribution < -0.4 is 0 Å². The molecule has 3 aromatic rings. The summed E-state index contributed by atoms with van der Waals surface area (Å²) in [4.78, 5) is 2.72. The van der Waals surface area contributed by atoms with Crippen LogP contribution in [-0.2, 0) is 12.8 Å². The Morgan fingerprint density at radius 1 is 0.800 bits per heavy atom. The summed E-state index contributed by atoms with van der Waals surface area (Å²) in [6.07, 6.45) is 6.58. The number of benzene rings is 3. The minimum atomic E-state index is 0.776. The van der Waals surface area contributed by atoms with E-state index in [1.54, 1.807) is 11.1 Å². The number of fused-ring (bicyclic) bond motifs is 2. The Morgan fingerprint density at radius 2 is 1.64 bits per heavy atom. The molecule has 0 saturated carbocycles. The maximum absolute atomic E-state index is 2.72. The second kappa shape index (κ2) is 6.31. The van der Waals surface area contributed by atoms with Gasteiger partial charge in [0.25, 0.3) is 0 Å². The molecule has 0 N–H and O–H groups in total. The molecule has 25 heavy (non-hydrogen) atoms. The molecule has 3 aromatic carbocycles. The fourth-order valence-corrected chi connectivity index (χ4v) is 4.80. The summed E-state index contributed by atoms with van der Waals surface area (Å²) < 4.78 is 0. The van der Waals surface area contributed by atoms with Crippen molar-refractivity contribution in [2.75, 3.05) is 13.1 Å². The smallest absolute Gasteiger partial charge is 0.0139 e. The third kappa shape index (κ3) is 2.77. The molecule has 0 radical (unpaired) electrons. The molecule has 1 fully saturated rings. The van der Waals surface area contributed by atoms with Crippen LogP contribution in [0, 0.1) is 0 Å². The fourth-order valence-electron chi connectivity index (χ4n) is 4.80. The normalized spacial score (nSPS) is 20.7. The van der Waals surface area contributed by atoms with Gasteiger partial charge in [-0.1, -0.05) is 60.7 Å². The van der Waals surface area contributed by atoms with E-state index in [2.05, 4.69) is 65.6 Å². The highest BCUT2D eigenvalue weighted by Gasteiger charge is 2.26. The van der Waals surface area contributed by atoms with Gasteiger partial charge in [-0.25, -0.2) is 0 Å². The number of hydrogen-bond donors (Lipinski definition) is 0. The molecular weight excluding hydrogens is 302 g/mol. The molecule has 5 rings (SSSR count). The van der Waals surface area contributed by atoms with Crippen LogP contribution in [0.2, 0.25) is 0 Å². The SMILES string of the molecule is c1ccc2c(-c3ccc4c(c3)CCC(N3CCCC3)C4)cccc2c1. The predicted octanol–water partition coefficient (Wildman–Crippen LogP) is 5.46. The molecule has 0 bridgehead atoms. The van der Waals surface area contributed by atoms with Crippen molar-refractivity contribution in [3.8, 4) is 11.1 Å². The minimum Gasteiger partial charge on any atom is -0.300 e. The van der Waals surface area contributed by atoms with E-state index >= 15 is 0 Å². The van der Waals surface area contributed by atoms with Gasteiger partial charge in [-0.15, -0.1) is 0 Å². The van der Waals surface area contributed by atoms with Gasteiger partial charge in [-0.3, -0.25) is 0 Å². The first-order valence-electron chi connectivity index (χ1n) is 9.72. The number of hydrogen-bond acceptors (Lipinski definition) is 1. The Morgan fingerprint density at radius 3 is 2.56 bits per heavy atom. The van der Waals surface area contributed by atoms with E-state index in [9.17, 15) is 0 Å². The van der Waals surface area contributed by atoms with Crippen LogP contribution >= 0.6 is 0 Å². The molecule has 1 aliphatic carbocycles. The van der Waals surface area contributed by atoms with Crippen LogP contribution in [-0.4, -0.2) is 24.0 Å². The summed E-state index contributed by atoms with van der Waals surface area (Å²) in [7, 11) is 0. The molecule has 1 saturated heterocycles. The third-order valence-corrected chi connectivity index (χ3v) is 6.17. The minimum absolute atomic E-state index is 0.776. The van der Waals surface area contributed by atoms with E-state index < -0.39 is 0 Å². The number of aryl methyl sites for hydroxylation is 1. The Balaban J connectivity index is 1.49. The van der Waals surface area contributed by atoms with E-state index in [0.717, 1.165) is 6.04 Å². The van der Waals surface area contributed by atoms with Crippen LogP contribution in [0.15, 0.2) is 60.7 Å². The first kappa shape index (κ1) is 15.2. The van der Waals surface area contributed by atoms with Crippen molar-refractivity contribution in [1.82, 2.24) is 4.90 Å². The van der Waals surface area contributed by atoms with Gasteiger partial charge in [0.05, 0.1) is 0 Å². The molecule has 1 heterocycles. The van der Waals surface area contributed by atoms with Crippen LogP contribution in [0.5, 0.6) is 0 Å². The number of nitrogens with zero attached hydrogens (tertiary/aromatic N) is 1. The standard InChI is InChI=1S/C24H25N/c1-2-8-23-18(6-1)7-5-9-24(23)21-11-10-20-17-22(13-12-19(20)16-21)25-14-3-4-15-25/h1-2,5-11,16,22H,3-4,12-15,17H2. The molecule has 2 aliphatic rings. The molecule has 126 valence electrons. The zero-order valence-electron chi connectivity index (χ0n) is 14.7. The highest BCUT2D eigenvalue weighted by atomic mass is 15.2. The molecule has 0 spiro atoms. The molecule has 0 aromatic heterocycles. The lowest BCUT2D eigenvalue weighted by molar-refractivity contribution is 0.222. The van der Waals surface area contributed by atoms with Crippen molar-refractivity contribution in [1.29, 1.82) is 0 Å². The van der Waals surface area contributed by atoms with Crippen molar-refractivity contribution in [2.24, 2.45) is 0 Å². The summed E-state index contributed by atoms with van der Waals surface area (Å²) in [5.74, 6) is 0. The molecule has 1 nitrogen and oxygen atoms in total. The van der Waals surface area contributed by atoms with E-state index in [1.165, 1.54) is 67.1 Å². The van der Waals surface area contributed by atoms with Crippen LogP contribution in [0.25, 0.3) is 21.9 Å². The zero-order chi connectivity index (χ0) is 16.6. The lowest BCUT2D eigenvalue weighted by Gasteiger charge is -2.32. The fraction of sp³-hybridized carbons (Fsp3) is 0.333. The van der Waals surface area contributed by atoms with Gasteiger partial charge < -0.3 is 4.90 Å². The summed E-state index contributed by atoms with van der Waals surface area (Å²) in [5.41, 5.74) is 5.88. The molecule has 1 aliphatic heterocycles. The summed E-state index contributed by atoms with van der Waals surface area (Å²) in [5, 5.41) is 2.68. The van der Waals surface area contributed by atoms with E-state index in [4.69, 9.17) is 0 Å². The van der Waals surface area contributed by atoms with Crippen LogP contribution in [0.1, 0.15) is 30.4 Å². The first-order chi connectivity index (χ1) is 12.4. The predicted molar refractivity (Wildman–Crippen MR) is 106 cm³/mol. The second-order valence-corrected chi connectivity index (χ2v) is 7.65. The average Bonchev–Trinajstić information content (AvgIpc) is 3.21. The maximum Gasteiger partial charge on any atom is 0.0139 e. The first-order valence-corrected chi connectivity index (χ1v) is 9.72. The van der Waals surface area contributed by atoms with Crippen molar-refractivity contribution in [2.45, 2.75) is 38.1 Å². The van der Waals surface area contributed by atoms with Crippen molar-refractivity contribution >= 4 is 10.8 Å². The van der Waals surface area contributed by atoms with Crippen LogP contribution in [0.3, 0.4) is 0 Å². The van der Waals surface area contributed by atoms with Gasteiger partial charge in [0, 0.05) is 6.04 Å². The average molecular weight is 327 g/mol. The molecule has 1 unspecified atom stereocenters. The maximum atomic E-state index is 2.72. The Labute approximate surface area is 150 Å². The summed E-state index contributed by atoms with van der Waals surface area (Å²) in [6, 6.07) is 23.3. The summed E-state index contributed by atoms with van der Waals surface area (Å²) >= 11 is 0. The van der Waals surface area contributed by atoms with Crippen LogP contribution in [0.4, 0.5) is 0 Å². The van der Waals surface area contributed by atoms with Gasteiger partial charge in [0.1, 0.15) is 0 Å². The second-order valence-electron chi connectivity index (χ2n) is 7.65. The van der Waals surface area contributed by atoms with Crippen molar-refractivity contribution in [3.05, 3.63) is 71.8 Å². The monoisotopic (exact) mass is 327 g/mol. The summed E-state index contributed by atoms with van der Waals surface area (Å²) in [6.45, 7) is 2.63. The van der Waals surface area contributed by atoms with Crippen molar-refractivity contribution < 1.29 is 0 Å². The quantitative estimate of drug-likeness (QED) is 0.604. The van der Waals surface area contributed by atoms with Gasteiger partial charge >= 0.3 is 0 Å². The third-order valence-electron chi connectivity index (χ3n) is 6.17. The van der Waals surface area contributed by atoms with E-state index in [1.807, 2.05) is 0 Å². The molecule has 1 atom stereocenters. The van der Waals surface area contributed by atoms with Gasteiger partial charge in [-0.2, -0.15) is 0 Å². The van der Waals surface area contributed by atoms with Crippen molar-refractivity contribution in [3.63, 3.8) is 0 Å². The topological polar surface area (TPSA) is 3.24 Å². The molecular formula is C24H25N. The van der Waals surface area contributed by atoms with E-state index in [0.29, 0.717) is 0 Å². The Hall–Kier alpha value is -2.12. The van der Waals surface area contributed by atoms with Gasteiger partial charge in [0.15, 0.2) is 0 Å². The van der Waals surface area contributed by atoms with E-state index in [-0.39, 0.29) is 0 Å². The highest BCUT2D eigenvalue weighted by Crippen LogP contribution is 2.33. The lowest BCUT2D eigenvalue weighted by atomic mass is 9.85. The van der Waals surface area contributed by atoms with Gasteiger partial charge in [-0.05, 0) is 78.2 Å². The number of likely N-dealkylation sites (tertiary alicyclic amines) is 1. The highest BCUT2D eigenvalue weighted by molar-refractivity contribution is 5.96. The Bertz CT molecular complexity index is 900. The number of rotatable bonds is 2. The zero-order valence-corrected chi connectivity index (χ0v) is 14.7. The van der Waals surface area contributed by atoms with Gasteiger partial charge in [0.2, 0.25) is 0 Å². The molecule has 1 heteroatoms. The largest absolute Gasteiger partial charge is 0.300 e. The lowest BCUT2D eigenvalue weighted by Crippen LogP contribution is -2.37. The Kier molecular flexibility index (Phi) is 3.83. The molecule has 0 amide bonds.